The van der Waals surface area contributed by atoms with Gasteiger partial charge >= 0.3 is 0 Å². The number of nitrogens with one attached hydrogen (secondary N) is 2. The zero-order chi connectivity index (χ0) is 13.8. The maximum absolute atomic E-state index is 5.70. The quantitative estimate of drug-likeness (QED) is 0.378. The third-order valence-electron chi connectivity index (χ3n) is 2.90. The van der Waals surface area contributed by atoms with E-state index in [1.54, 1.807) is 7.05 Å². The van der Waals surface area contributed by atoms with Crippen LogP contribution >= 0.6 is 11.8 Å². The zero-order valence-electron chi connectivity index (χ0n) is 12.1. The molecule has 0 bridgehead atoms. The second kappa shape index (κ2) is 11.4. The summed E-state index contributed by atoms with van der Waals surface area (Å²) in [5.41, 5.74) is 0. The molecular weight excluding hydrogens is 262 g/mol. The number of guanidine groups is 1. The molecule has 5 nitrogen and oxygen atoms in total. The highest BCUT2D eigenvalue weighted by molar-refractivity contribution is 7.98. The highest BCUT2D eigenvalue weighted by Gasteiger charge is 2.15. The molecule has 2 N–H and O–H groups in total. The summed E-state index contributed by atoms with van der Waals surface area (Å²) in [5.74, 6) is 2.06. The van der Waals surface area contributed by atoms with Crippen molar-refractivity contribution < 1.29 is 9.47 Å². The van der Waals surface area contributed by atoms with E-state index in [1.165, 1.54) is 5.75 Å². The second-order valence-electron chi connectivity index (χ2n) is 4.48. The molecule has 1 aliphatic heterocycles. The first kappa shape index (κ1) is 16.6. The summed E-state index contributed by atoms with van der Waals surface area (Å²) < 4.78 is 11.0. The maximum atomic E-state index is 5.70. The van der Waals surface area contributed by atoms with Crippen molar-refractivity contribution >= 4 is 17.7 Å². The van der Waals surface area contributed by atoms with Crippen molar-refractivity contribution in [3.63, 3.8) is 0 Å². The van der Waals surface area contributed by atoms with Crippen LogP contribution in [0, 0.1) is 0 Å². The number of thioether (sulfide) groups is 1. The lowest BCUT2D eigenvalue weighted by Crippen LogP contribution is -2.38. The van der Waals surface area contributed by atoms with Gasteiger partial charge in [-0.05, 0) is 31.3 Å². The molecule has 1 unspecified atom stereocenters. The first-order valence-corrected chi connectivity index (χ1v) is 8.39. The standard InChI is InChI=1S/C13H27N3O2S/c1-14-13(16-7-4-10-19-2)15-6-3-8-18-12-5-9-17-11-12/h12H,3-11H2,1-2H3,(H2,14,15,16). The average Bonchev–Trinajstić information content (AvgIpc) is 2.94. The van der Waals surface area contributed by atoms with Crippen LogP contribution in [-0.4, -0.2) is 64.0 Å². The Morgan fingerprint density at radius 3 is 2.79 bits per heavy atom. The SMILES string of the molecule is CN=C(NCCCOC1CCOC1)NCCCSC. The van der Waals surface area contributed by atoms with Crippen LogP contribution in [0.3, 0.4) is 0 Å². The van der Waals surface area contributed by atoms with Crippen LogP contribution in [0.1, 0.15) is 19.3 Å². The molecule has 1 rings (SSSR count). The Kier molecular flexibility index (Phi) is 9.93. The fourth-order valence-corrected chi connectivity index (χ4v) is 2.25. The third kappa shape index (κ3) is 8.34. The first-order chi connectivity index (χ1) is 9.36. The molecule has 1 heterocycles. The van der Waals surface area contributed by atoms with Gasteiger partial charge in [0.25, 0.3) is 0 Å². The summed E-state index contributed by atoms with van der Waals surface area (Å²) in [5, 5.41) is 6.59. The highest BCUT2D eigenvalue weighted by Crippen LogP contribution is 2.07. The van der Waals surface area contributed by atoms with Crippen molar-refractivity contribution in [2.45, 2.75) is 25.4 Å². The molecule has 1 fully saturated rings. The summed E-state index contributed by atoms with van der Waals surface area (Å²) in [6.45, 7) is 4.23. The van der Waals surface area contributed by atoms with E-state index in [4.69, 9.17) is 9.47 Å². The molecule has 0 spiro atoms. The summed E-state index contributed by atoms with van der Waals surface area (Å²) >= 11 is 1.87. The topological polar surface area (TPSA) is 54.9 Å². The van der Waals surface area contributed by atoms with E-state index < -0.39 is 0 Å². The Bertz CT molecular complexity index is 246. The molecule has 0 aromatic carbocycles. The average molecular weight is 289 g/mol. The molecule has 0 saturated carbocycles. The maximum Gasteiger partial charge on any atom is 0.190 e. The Labute approximate surface area is 120 Å². The lowest BCUT2D eigenvalue weighted by Gasteiger charge is -2.13. The number of rotatable bonds is 9. The second-order valence-corrected chi connectivity index (χ2v) is 5.47. The van der Waals surface area contributed by atoms with E-state index in [0.29, 0.717) is 6.10 Å². The van der Waals surface area contributed by atoms with Gasteiger partial charge in [0.15, 0.2) is 5.96 Å². The van der Waals surface area contributed by atoms with E-state index in [9.17, 15) is 0 Å². The van der Waals surface area contributed by atoms with Gasteiger partial charge < -0.3 is 20.1 Å². The zero-order valence-corrected chi connectivity index (χ0v) is 12.9. The van der Waals surface area contributed by atoms with Crippen molar-refractivity contribution in [1.82, 2.24) is 10.6 Å². The van der Waals surface area contributed by atoms with Gasteiger partial charge in [-0.1, -0.05) is 0 Å². The van der Waals surface area contributed by atoms with E-state index in [1.807, 2.05) is 11.8 Å². The van der Waals surface area contributed by atoms with Gasteiger partial charge in [0, 0.05) is 33.4 Å². The van der Waals surface area contributed by atoms with E-state index in [0.717, 1.165) is 58.1 Å². The molecule has 112 valence electrons. The molecule has 1 saturated heterocycles. The molecule has 6 heteroatoms. The van der Waals surface area contributed by atoms with Crippen molar-refractivity contribution in [3.8, 4) is 0 Å². The van der Waals surface area contributed by atoms with Gasteiger partial charge in [0.2, 0.25) is 0 Å². The van der Waals surface area contributed by atoms with Crippen molar-refractivity contribution in [2.75, 3.05) is 52.0 Å². The first-order valence-electron chi connectivity index (χ1n) is 6.99. The van der Waals surface area contributed by atoms with E-state index >= 15 is 0 Å². The predicted molar refractivity (Wildman–Crippen MR) is 82.2 cm³/mol. The fraction of sp³-hybridized carbons (Fsp3) is 0.923. The minimum Gasteiger partial charge on any atom is -0.379 e. The minimum atomic E-state index is 0.309. The number of hydrogen-bond donors (Lipinski definition) is 2. The monoisotopic (exact) mass is 289 g/mol. The van der Waals surface area contributed by atoms with Crippen molar-refractivity contribution in [1.29, 1.82) is 0 Å². The molecule has 1 aliphatic rings. The molecule has 0 radical (unpaired) electrons. The van der Waals surface area contributed by atoms with Gasteiger partial charge in [-0.15, -0.1) is 0 Å². The van der Waals surface area contributed by atoms with Crippen LogP contribution in [0.15, 0.2) is 4.99 Å². The molecule has 0 aromatic heterocycles. The smallest absolute Gasteiger partial charge is 0.190 e. The molecule has 0 aliphatic carbocycles. The molecular formula is C13H27N3O2S. The van der Waals surface area contributed by atoms with Crippen molar-refractivity contribution in [3.05, 3.63) is 0 Å². The highest BCUT2D eigenvalue weighted by atomic mass is 32.2. The van der Waals surface area contributed by atoms with E-state index in [-0.39, 0.29) is 0 Å². The van der Waals surface area contributed by atoms with Gasteiger partial charge in [-0.3, -0.25) is 4.99 Å². The fourth-order valence-electron chi connectivity index (χ4n) is 1.82. The number of hydrogen-bond acceptors (Lipinski definition) is 4. The number of ether oxygens (including phenoxy) is 2. The minimum absolute atomic E-state index is 0.309. The third-order valence-corrected chi connectivity index (χ3v) is 3.59. The van der Waals surface area contributed by atoms with Gasteiger partial charge in [0.05, 0.1) is 12.7 Å². The van der Waals surface area contributed by atoms with Gasteiger partial charge in [0.1, 0.15) is 0 Å². The van der Waals surface area contributed by atoms with Crippen LogP contribution in [0.5, 0.6) is 0 Å². The largest absolute Gasteiger partial charge is 0.379 e. The summed E-state index contributed by atoms with van der Waals surface area (Å²) in [6, 6.07) is 0. The van der Waals surface area contributed by atoms with Gasteiger partial charge in [-0.25, -0.2) is 0 Å². The lowest BCUT2D eigenvalue weighted by atomic mass is 10.3. The Morgan fingerprint density at radius 1 is 1.37 bits per heavy atom. The number of nitrogens with zero attached hydrogens (tertiary/aromatic N) is 1. The Hall–Kier alpha value is -0.460. The Morgan fingerprint density at radius 2 is 2.16 bits per heavy atom. The summed E-state index contributed by atoms with van der Waals surface area (Å²) in [6.07, 6.45) is 5.62. The number of aliphatic imine (C=N–C) groups is 1. The van der Waals surface area contributed by atoms with Crippen LogP contribution < -0.4 is 10.6 Å². The lowest BCUT2D eigenvalue weighted by molar-refractivity contribution is 0.0420. The summed E-state index contributed by atoms with van der Waals surface area (Å²) in [7, 11) is 1.80. The van der Waals surface area contributed by atoms with Crippen molar-refractivity contribution in [2.24, 2.45) is 4.99 Å². The normalized spacial score (nSPS) is 19.7. The molecule has 19 heavy (non-hydrogen) atoms. The van der Waals surface area contributed by atoms with E-state index in [2.05, 4.69) is 21.9 Å². The summed E-state index contributed by atoms with van der Waals surface area (Å²) in [4.78, 5) is 4.19. The van der Waals surface area contributed by atoms with Crippen LogP contribution in [-0.2, 0) is 9.47 Å². The molecule has 0 amide bonds. The predicted octanol–water partition coefficient (Wildman–Crippen LogP) is 1.10. The molecule has 1 atom stereocenters. The van der Waals surface area contributed by atoms with Crippen LogP contribution in [0.2, 0.25) is 0 Å². The van der Waals surface area contributed by atoms with Crippen LogP contribution in [0.25, 0.3) is 0 Å². The van der Waals surface area contributed by atoms with Crippen LogP contribution in [0.4, 0.5) is 0 Å². The molecule has 0 aromatic rings. The Balaban J connectivity index is 1.93. The van der Waals surface area contributed by atoms with Gasteiger partial charge in [-0.2, -0.15) is 11.8 Å².